The Morgan fingerprint density at radius 2 is 1.90 bits per heavy atom. The van der Waals surface area contributed by atoms with E-state index in [1.54, 1.807) is 20.3 Å². The quantitative estimate of drug-likeness (QED) is 0.615. The monoisotopic (exact) mass is 407 g/mol. The largest absolute Gasteiger partial charge is 0.493 e. The first-order valence-corrected chi connectivity index (χ1v) is 10.00. The van der Waals surface area contributed by atoms with E-state index in [1.807, 2.05) is 48.2 Å². The highest BCUT2D eigenvalue weighted by molar-refractivity contribution is 5.79. The van der Waals surface area contributed by atoms with Gasteiger partial charge >= 0.3 is 0 Å². The molecule has 30 heavy (non-hydrogen) atoms. The standard InChI is InChI=1S/C23H25N3O4/c1-15-6-8-16(9-7-15)13-21(27)26-12-4-5-18(26)23-24-22(25-30-23)17-10-11-19(28-2)20(14-17)29-3/h6-11,14,18H,4-5,12-13H2,1-3H3/t18-/m1/s1. The lowest BCUT2D eigenvalue weighted by Crippen LogP contribution is -2.32. The Labute approximate surface area is 175 Å². The van der Waals surface area contributed by atoms with Crippen LogP contribution in [0.5, 0.6) is 11.5 Å². The van der Waals surface area contributed by atoms with Crippen molar-refractivity contribution in [1.29, 1.82) is 0 Å². The molecule has 0 spiro atoms. The van der Waals surface area contributed by atoms with Crippen molar-refractivity contribution in [1.82, 2.24) is 15.0 Å². The van der Waals surface area contributed by atoms with Crippen LogP contribution >= 0.6 is 0 Å². The molecule has 156 valence electrons. The summed E-state index contributed by atoms with van der Waals surface area (Å²) in [5.41, 5.74) is 2.95. The molecule has 0 aliphatic carbocycles. The van der Waals surface area contributed by atoms with Gasteiger partial charge in [-0.25, -0.2) is 0 Å². The van der Waals surface area contributed by atoms with Crippen LogP contribution < -0.4 is 9.47 Å². The third kappa shape index (κ3) is 4.01. The number of methoxy groups -OCH3 is 2. The minimum atomic E-state index is -0.190. The number of benzene rings is 2. The zero-order valence-corrected chi connectivity index (χ0v) is 17.4. The van der Waals surface area contributed by atoms with Crippen LogP contribution in [0.15, 0.2) is 47.0 Å². The molecule has 1 fully saturated rings. The van der Waals surface area contributed by atoms with E-state index < -0.39 is 0 Å². The van der Waals surface area contributed by atoms with Gasteiger partial charge in [0.2, 0.25) is 17.6 Å². The number of aromatic nitrogens is 2. The van der Waals surface area contributed by atoms with Crippen molar-refractivity contribution in [3.8, 4) is 22.9 Å². The maximum absolute atomic E-state index is 12.9. The topological polar surface area (TPSA) is 77.7 Å². The molecule has 2 aromatic carbocycles. The van der Waals surface area contributed by atoms with Crippen molar-refractivity contribution < 1.29 is 18.8 Å². The van der Waals surface area contributed by atoms with Gasteiger partial charge in [-0.1, -0.05) is 35.0 Å². The molecule has 7 heteroatoms. The molecular weight excluding hydrogens is 382 g/mol. The molecule has 0 unspecified atom stereocenters. The summed E-state index contributed by atoms with van der Waals surface area (Å²) in [7, 11) is 3.17. The maximum Gasteiger partial charge on any atom is 0.249 e. The zero-order valence-electron chi connectivity index (χ0n) is 17.4. The Balaban J connectivity index is 1.52. The summed E-state index contributed by atoms with van der Waals surface area (Å²) in [4.78, 5) is 19.3. The number of hydrogen-bond acceptors (Lipinski definition) is 6. The molecule has 1 aliphatic rings. The number of nitrogens with zero attached hydrogens (tertiary/aromatic N) is 3. The van der Waals surface area contributed by atoms with Crippen molar-refractivity contribution >= 4 is 5.91 Å². The fourth-order valence-corrected chi connectivity index (χ4v) is 3.77. The van der Waals surface area contributed by atoms with E-state index in [9.17, 15) is 4.79 Å². The van der Waals surface area contributed by atoms with Gasteiger partial charge in [0.25, 0.3) is 0 Å². The van der Waals surface area contributed by atoms with E-state index in [0.29, 0.717) is 36.2 Å². The lowest BCUT2D eigenvalue weighted by molar-refractivity contribution is -0.131. The minimum Gasteiger partial charge on any atom is -0.493 e. The third-order valence-corrected chi connectivity index (χ3v) is 5.42. The molecule has 0 bridgehead atoms. The van der Waals surface area contributed by atoms with Gasteiger partial charge < -0.3 is 18.9 Å². The Bertz CT molecular complexity index is 1030. The molecule has 4 rings (SSSR count). The normalized spacial score (nSPS) is 16.0. The van der Waals surface area contributed by atoms with E-state index in [0.717, 1.165) is 24.0 Å². The fourth-order valence-electron chi connectivity index (χ4n) is 3.77. The summed E-state index contributed by atoms with van der Waals surface area (Å²) in [6.07, 6.45) is 2.10. The average molecular weight is 407 g/mol. The van der Waals surface area contributed by atoms with Crippen LogP contribution in [0.4, 0.5) is 0 Å². The number of rotatable bonds is 6. The van der Waals surface area contributed by atoms with Gasteiger partial charge in [-0.3, -0.25) is 4.79 Å². The lowest BCUT2D eigenvalue weighted by Gasteiger charge is -2.22. The summed E-state index contributed by atoms with van der Waals surface area (Å²) in [5, 5.41) is 4.13. The number of amides is 1. The van der Waals surface area contributed by atoms with Crippen molar-refractivity contribution in [3.63, 3.8) is 0 Å². The van der Waals surface area contributed by atoms with E-state index >= 15 is 0 Å². The number of aryl methyl sites for hydroxylation is 1. The molecule has 7 nitrogen and oxygen atoms in total. The molecule has 0 N–H and O–H groups in total. The molecule has 1 aromatic heterocycles. The van der Waals surface area contributed by atoms with Gasteiger partial charge in [0.1, 0.15) is 6.04 Å². The molecule has 1 aliphatic heterocycles. The third-order valence-electron chi connectivity index (χ3n) is 5.42. The summed E-state index contributed by atoms with van der Waals surface area (Å²) >= 11 is 0. The van der Waals surface area contributed by atoms with Crippen molar-refractivity contribution in [2.75, 3.05) is 20.8 Å². The first kappa shape index (κ1) is 19.9. The molecular formula is C23H25N3O4. The molecule has 1 saturated heterocycles. The Kier molecular flexibility index (Phi) is 5.70. The van der Waals surface area contributed by atoms with Gasteiger partial charge in [0, 0.05) is 12.1 Å². The van der Waals surface area contributed by atoms with E-state index in [-0.39, 0.29) is 11.9 Å². The van der Waals surface area contributed by atoms with E-state index in [4.69, 9.17) is 14.0 Å². The number of ether oxygens (including phenoxy) is 2. The highest BCUT2D eigenvalue weighted by Gasteiger charge is 2.34. The number of hydrogen-bond donors (Lipinski definition) is 0. The van der Waals surface area contributed by atoms with Crippen LogP contribution in [0.1, 0.15) is 35.9 Å². The molecule has 0 saturated carbocycles. The Hall–Kier alpha value is -3.35. The van der Waals surface area contributed by atoms with Crippen molar-refractivity contribution in [2.45, 2.75) is 32.2 Å². The van der Waals surface area contributed by atoms with Crippen LogP contribution in [-0.2, 0) is 11.2 Å². The van der Waals surface area contributed by atoms with Crippen LogP contribution in [0.3, 0.4) is 0 Å². The van der Waals surface area contributed by atoms with Gasteiger partial charge in [0.05, 0.1) is 20.6 Å². The molecule has 3 aromatic rings. The predicted octanol–water partition coefficient (Wildman–Crippen LogP) is 3.97. The summed E-state index contributed by atoms with van der Waals surface area (Å²) < 4.78 is 16.2. The first-order valence-electron chi connectivity index (χ1n) is 10.00. The molecule has 2 heterocycles. The average Bonchev–Trinajstić information content (AvgIpc) is 3.44. The van der Waals surface area contributed by atoms with Gasteiger partial charge in [-0.05, 0) is 43.5 Å². The second-order valence-electron chi connectivity index (χ2n) is 7.43. The highest BCUT2D eigenvalue weighted by Crippen LogP contribution is 2.34. The summed E-state index contributed by atoms with van der Waals surface area (Å²) in [6, 6.07) is 13.3. The zero-order chi connectivity index (χ0) is 21.1. The van der Waals surface area contributed by atoms with Crippen molar-refractivity contribution in [3.05, 3.63) is 59.5 Å². The Morgan fingerprint density at radius 3 is 2.63 bits per heavy atom. The highest BCUT2D eigenvalue weighted by atomic mass is 16.5. The van der Waals surface area contributed by atoms with Crippen LogP contribution in [0.25, 0.3) is 11.4 Å². The minimum absolute atomic E-state index is 0.0761. The van der Waals surface area contributed by atoms with Crippen LogP contribution in [-0.4, -0.2) is 41.7 Å². The number of likely N-dealkylation sites (tertiary alicyclic amines) is 1. The van der Waals surface area contributed by atoms with Crippen LogP contribution in [0, 0.1) is 6.92 Å². The smallest absolute Gasteiger partial charge is 0.249 e. The van der Waals surface area contributed by atoms with Gasteiger partial charge in [-0.15, -0.1) is 0 Å². The lowest BCUT2D eigenvalue weighted by atomic mass is 10.1. The predicted molar refractivity (Wildman–Crippen MR) is 111 cm³/mol. The molecule has 1 atom stereocenters. The first-order chi connectivity index (χ1) is 14.6. The Morgan fingerprint density at radius 1 is 1.13 bits per heavy atom. The van der Waals surface area contributed by atoms with Crippen molar-refractivity contribution in [2.24, 2.45) is 0 Å². The van der Waals surface area contributed by atoms with Crippen LogP contribution in [0.2, 0.25) is 0 Å². The maximum atomic E-state index is 12.9. The molecule has 1 amide bonds. The van der Waals surface area contributed by atoms with E-state index in [1.165, 1.54) is 5.56 Å². The summed E-state index contributed by atoms with van der Waals surface area (Å²) in [6.45, 7) is 2.73. The number of carbonyl (C=O) groups is 1. The molecule has 0 radical (unpaired) electrons. The van der Waals surface area contributed by atoms with Gasteiger partial charge in [-0.2, -0.15) is 4.98 Å². The number of carbonyl (C=O) groups excluding carboxylic acids is 1. The summed E-state index contributed by atoms with van der Waals surface area (Å²) in [5.74, 6) is 2.23. The second kappa shape index (κ2) is 8.57. The fraction of sp³-hybridized carbons (Fsp3) is 0.348. The second-order valence-corrected chi connectivity index (χ2v) is 7.43. The van der Waals surface area contributed by atoms with E-state index in [2.05, 4.69) is 10.1 Å². The van der Waals surface area contributed by atoms with Gasteiger partial charge in [0.15, 0.2) is 11.5 Å². The SMILES string of the molecule is COc1ccc(-c2noc([C@H]3CCCN3C(=O)Cc3ccc(C)cc3)n2)cc1OC.